The fourth-order valence-corrected chi connectivity index (χ4v) is 1.66. The van der Waals surface area contributed by atoms with Gasteiger partial charge in [-0.2, -0.15) is 5.10 Å². The Morgan fingerprint density at radius 1 is 1.50 bits per heavy atom. The van der Waals surface area contributed by atoms with Crippen LogP contribution < -0.4 is 5.32 Å². The third-order valence-corrected chi connectivity index (χ3v) is 2.41. The SMILES string of the molecule is FC1(F)CCCC1Nc1cccnn1. The lowest BCUT2D eigenvalue weighted by Gasteiger charge is -2.20. The Labute approximate surface area is 80.5 Å². The third-order valence-electron chi connectivity index (χ3n) is 2.41. The summed E-state index contributed by atoms with van der Waals surface area (Å²) in [5, 5.41) is 10.0. The number of aromatic nitrogens is 2. The first-order valence-corrected chi connectivity index (χ1v) is 4.60. The van der Waals surface area contributed by atoms with Crippen molar-refractivity contribution in [1.29, 1.82) is 0 Å². The minimum absolute atomic E-state index is 0.0368. The molecule has 0 aliphatic heterocycles. The molecule has 1 aliphatic rings. The van der Waals surface area contributed by atoms with E-state index in [2.05, 4.69) is 15.5 Å². The summed E-state index contributed by atoms with van der Waals surface area (Å²) >= 11 is 0. The van der Waals surface area contributed by atoms with Gasteiger partial charge in [-0.25, -0.2) is 8.78 Å². The number of hydrogen-bond acceptors (Lipinski definition) is 3. The molecule has 1 aliphatic carbocycles. The topological polar surface area (TPSA) is 37.8 Å². The van der Waals surface area contributed by atoms with E-state index in [4.69, 9.17) is 0 Å². The molecule has 1 unspecified atom stereocenters. The van der Waals surface area contributed by atoms with Crippen LogP contribution in [0.5, 0.6) is 0 Å². The minimum atomic E-state index is -2.61. The maximum atomic E-state index is 13.2. The van der Waals surface area contributed by atoms with E-state index in [0.29, 0.717) is 18.7 Å². The molecule has 1 heterocycles. The van der Waals surface area contributed by atoms with Crippen LogP contribution in [0.4, 0.5) is 14.6 Å². The highest BCUT2D eigenvalue weighted by Gasteiger charge is 2.43. The molecule has 0 saturated heterocycles. The highest BCUT2D eigenvalue weighted by Crippen LogP contribution is 2.36. The van der Waals surface area contributed by atoms with Gasteiger partial charge in [0.05, 0.1) is 6.04 Å². The van der Waals surface area contributed by atoms with Crippen LogP contribution in [0.1, 0.15) is 19.3 Å². The van der Waals surface area contributed by atoms with Crippen molar-refractivity contribution in [3.05, 3.63) is 18.3 Å². The maximum absolute atomic E-state index is 13.2. The second-order valence-corrected chi connectivity index (χ2v) is 3.46. The van der Waals surface area contributed by atoms with Crippen LogP contribution in [-0.2, 0) is 0 Å². The van der Waals surface area contributed by atoms with E-state index in [1.165, 1.54) is 6.20 Å². The van der Waals surface area contributed by atoms with Gasteiger partial charge in [-0.15, -0.1) is 5.10 Å². The molecule has 1 aromatic rings. The Hall–Kier alpha value is -1.26. The van der Waals surface area contributed by atoms with Gasteiger partial charge in [-0.3, -0.25) is 0 Å². The van der Waals surface area contributed by atoms with E-state index < -0.39 is 12.0 Å². The molecule has 0 spiro atoms. The van der Waals surface area contributed by atoms with E-state index in [1.54, 1.807) is 12.1 Å². The van der Waals surface area contributed by atoms with E-state index >= 15 is 0 Å². The molecule has 0 aromatic carbocycles. The van der Waals surface area contributed by atoms with Crippen molar-refractivity contribution in [2.45, 2.75) is 31.2 Å². The summed E-state index contributed by atoms with van der Waals surface area (Å²) in [5.74, 6) is -2.20. The first-order chi connectivity index (χ1) is 6.68. The van der Waals surface area contributed by atoms with Crippen molar-refractivity contribution in [3.8, 4) is 0 Å². The summed E-state index contributed by atoms with van der Waals surface area (Å²) in [6, 6.07) is 2.52. The van der Waals surface area contributed by atoms with Gasteiger partial charge in [0.2, 0.25) is 0 Å². The number of alkyl halides is 2. The monoisotopic (exact) mass is 199 g/mol. The molecule has 1 saturated carbocycles. The summed E-state index contributed by atoms with van der Waals surface area (Å²) in [4.78, 5) is 0. The van der Waals surface area contributed by atoms with Crippen molar-refractivity contribution in [2.75, 3.05) is 5.32 Å². The molecule has 1 N–H and O–H groups in total. The number of nitrogens with zero attached hydrogens (tertiary/aromatic N) is 2. The summed E-state index contributed by atoms with van der Waals surface area (Å²) in [6.07, 6.45) is 2.53. The van der Waals surface area contributed by atoms with Gasteiger partial charge < -0.3 is 5.32 Å². The largest absolute Gasteiger partial charge is 0.360 e. The average molecular weight is 199 g/mol. The summed E-state index contributed by atoms with van der Waals surface area (Å²) < 4.78 is 26.4. The van der Waals surface area contributed by atoms with E-state index in [0.717, 1.165) is 0 Å². The first kappa shape index (κ1) is 9.30. The number of anilines is 1. The lowest BCUT2D eigenvalue weighted by molar-refractivity contribution is -0.000703. The standard InChI is InChI=1S/C9H11F2N3/c10-9(11)5-1-3-7(9)13-8-4-2-6-12-14-8/h2,4,6-7H,1,3,5H2,(H,13,14). The molecule has 3 nitrogen and oxygen atoms in total. The van der Waals surface area contributed by atoms with Crippen molar-refractivity contribution < 1.29 is 8.78 Å². The van der Waals surface area contributed by atoms with Crippen LogP contribution in [0.25, 0.3) is 0 Å². The maximum Gasteiger partial charge on any atom is 0.267 e. The summed E-state index contributed by atoms with van der Waals surface area (Å²) in [5.41, 5.74) is 0. The van der Waals surface area contributed by atoms with Gasteiger partial charge in [0.1, 0.15) is 5.82 Å². The van der Waals surface area contributed by atoms with Crippen molar-refractivity contribution in [3.63, 3.8) is 0 Å². The molecule has 1 atom stereocenters. The molecule has 5 heteroatoms. The van der Waals surface area contributed by atoms with Crippen molar-refractivity contribution >= 4 is 5.82 Å². The highest BCUT2D eigenvalue weighted by atomic mass is 19.3. The van der Waals surface area contributed by atoms with Gasteiger partial charge in [0.15, 0.2) is 0 Å². The number of halogens is 2. The van der Waals surface area contributed by atoms with Gasteiger partial charge >= 0.3 is 0 Å². The average Bonchev–Trinajstić information content (AvgIpc) is 2.48. The highest BCUT2D eigenvalue weighted by molar-refractivity contribution is 5.34. The fourth-order valence-electron chi connectivity index (χ4n) is 1.66. The lowest BCUT2D eigenvalue weighted by atomic mass is 10.2. The Kier molecular flexibility index (Phi) is 2.31. The number of rotatable bonds is 2. The van der Waals surface area contributed by atoms with Crippen molar-refractivity contribution in [2.24, 2.45) is 0 Å². The Morgan fingerprint density at radius 3 is 2.93 bits per heavy atom. The first-order valence-electron chi connectivity index (χ1n) is 4.60. The predicted octanol–water partition coefficient (Wildman–Crippen LogP) is 2.08. The van der Waals surface area contributed by atoms with E-state index in [-0.39, 0.29) is 6.42 Å². The van der Waals surface area contributed by atoms with Gasteiger partial charge in [-0.1, -0.05) is 0 Å². The molecule has 0 bridgehead atoms. The number of nitrogens with one attached hydrogen (secondary N) is 1. The van der Waals surface area contributed by atoms with Gasteiger partial charge in [0.25, 0.3) is 5.92 Å². The Balaban J connectivity index is 2.05. The predicted molar refractivity (Wildman–Crippen MR) is 48.2 cm³/mol. The van der Waals surface area contributed by atoms with Crippen LogP contribution in [0.2, 0.25) is 0 Å². The van der Waals surface area contributed by atoms with Crippen molar-refractivity contribution in [1.82, 2.24) is 10.2 Å². The second-order valence-electron chi connectivity index (χ2n) is 3.46. The normalized spacial score (nSPS) is 24.9. The molecule has 76 valence electrons. The fraction of sp³-hybridized carbons (Fsp3) is 0.556. The molecule has 14 heavy (non-hydrogen) atoms. The summed E-state index contributed by atoms with van der Waals surface area (Å²) in [7, 11) is 0. The lowest BCUT2D eigenvalue weighted by Crippen LogP contribution is -2.34. The minimum Gasteiger partial charge on any atom is -0.360 e. The Bertz CT molecular complexity index is 302. The summed E-state index contributed by atoms with van der Waals surface area (Å²) in [6.45, 7) is 0. The molecular formula is C9H11F2N3. The number of hydrogen-bond donors (Lipinski definition) is 1. The van der Waals surface area contributed by atoms with Gasteiger partial charge in [-0.05, 0) is 25.0 Å². The molecule has 1 fully saturated rings. The van der Waals surface area contributed by atoms with Crippen LogP contribution >= 0.6 is 0 Å². The molecule has 1 aromatic heterocycles. The Morgan fingerprint density at radius 2 is 2.36 bits per heavy atom. The zero-order valence-electron chi connectivity index (χ0n) is 7.58. The van der Waals surface area contributed by atoms with E-state index in [9.17, 15) is 8.78 Å². The zero-order chi connectivity index (χ0) is 10.0. The van der Waals surface area contributed by atoms with E-state index in [1.807, 2.05) is 0 Å². The quantitative estimate of drug-likeness (QED) is 0.792. The van der Waals surface area contributed by atoms with Crippen LogP contribution in [0.3, 0.4) is 0 Å². The molecule has 0 amide bonds. The molecule has 2 rings (SSSR count). The second kappa shape index (κ2) is 3.48. The third kappa shape index (κ3) is 1.81. The smallest absolute Gasteiger partial charge is 0.267 e. The molecular weight excluding hydrogens is 188 g/mol. The zero-order valence-corrected chi connectivity index (χ0v) is 7.58. The van der Waals surface area contributed by atoms with Crippen LogP contribution in [0, 0.1) is 0 Å². The van der Waals surface area contributed by atoms with Crippen LogP contribution in [-0.4, -0.2) is 22.2 Å². The molecule has 0 radical (unpaired) electrons. The van der Waals surface area contributed by atoms with Crippen LogP contribution in [0.15, 0.2) is 18.3 Å². The van der Waals surface area contributed by atoms with Gasteiger partial charge in [0, 0.05) is 12.6 Å².